The molecule has 5 nitrogen and oxygen atoms in total. The molecule has 0 aromatic heterocycles. The summed E-state index contributed by atoms with van der Waals surface area (Å²) in [5.41, 5.74) is 0.661. The average molecular weight is 250 g/mol. The van der Waals surface area contributed by atoms with E-state index < -0.39 is 0 Å². The maximum atomic E-state index is 12.2. The number of methoxy groups -OCH3 is 1. The maximum absolute atomic E-state index is 12.2. The van der Waals surface area contributed by atoms with Crippen LogP contribution < -0.4 is 10.6 Å². The van der Waals surface area contributed by atoms with Gasteiger partial charge in [0, 0.05) is 18.7 Å². The number of carbonyl (C=O) groups excluding carboxylic acids is 1. The van der Waals surface area contributed by atoms with Gasteiger partial charge in [0.05, 0.1) is 13.2 Å². The van der Waals surface area contributed by atoms with Gasteiger partial charge in [0.25, 0.3) is 5.91 Å². The quantitative estimate of drug-likeness (QED) is 0.818. The van der Waals surface area contributed by atoms with Crippen LogP contribution in [-0.4, -0.2) is 37.1 Å². The summed E-state index contributed by atoms with van der Waals surface area (Å²) in [6.07, 6.45) is 1.77. The van der Waals surface area contributed by atoms with Crippen LogP contribution in [0.25, 0.3) is 0 Å². The maximum Gasteiger partial charge on any atom is 0.253 e. The van der Waals surface area contributed by atoms with Gasteiger partial charge in [-0.1, -0.05) is 0 Å². The number of carbonyl (C=O) groups is 1. The number of nitrogens with zero attached hydrogens (tertiary/aromatic N) is 1. The molecule has 1 fully saturated rings. The molecular formula is C13H18N2O3. The second-order valence-electron chi connectivity index (χ2n) is 4.38. The first kappa shape index (κ1) is 12.9. The molecular weight excluding hydrogens is 232 g/mol. The van der Waals surface area contributed by atoms with Crippen LogP contribution in [0.15, 0.2) is 24.3 Å². The summed E-state index contributed by atoms with van der Waals surface area (Å²) in [5, 5.41) is 0. The van der Waals surface area contributed by atoms with Gasteiger partial charge in [0.2, 0.25) is 0 Å². The summed E-state index contributed by atoms with van der Waals surface area (Å²) < 4.78 is 5.07. The van der Waals surface area contributed by atoms with Crippen molar-refractivity contribution in [3.05, 3.63) is 29.8 Å². The normalized spacial score (nSPS) is 19.7. The topological polar surface area (TPSA) is 64.8 Å². The number of nitrogens with two attached hydrogens (primary N) is 1. The molecule has 1 amide bonds. The predicted molar refractivity (Wildman–Crippen MR) is 67.2 cm³/mol. The van der Waals surface area contributed by atoms with E-state index in [9.17, 15) is 4.79 Å². The van der Waals surface area contributed by atoms with Crippen molar-refractivity contribution in [2.75, 3.05) is 20.2 Å². The van der Waals surface area contributed by atoms with Crippen molar-refractivity contribution in [2.24, 2.45) is 5.90 Å². The molecule has 1 aromatic rings. The van der Waals surface area contributed by atoms with Gasteiger partial charge < -0.3 is 9.64 Å². The molecule has 18 heavy (non-hydrogen) atoms. The van der Waals surface area contributed by atoms with Crippen molar-refractivity contribution in [3.8, 4) is 5.75 Å². The molecule has 1 aliphatic rings. The van der Waals surface area contributed by atoms with Crippen LogP contribution in [0.4, 0.5) is 0 Å². The van der Waals surface area contributed by atoms with Crippen molar-refractivity contribution in [1.82, 2.24) is 4.90 Å². The first-order valence-corrected chi connectivity index (χ1v) is 6.03. The lowest BCUT2D eigenvalue weighted by Gasteiger charge is -2.31. The molecule has 0 bridgehead atoms. The summed E-state index contributed by atoms with van der Waals surface area (Å²) in [6, 6.07) is 7.12. The Labute approximate surface area is 106 Å². The first-order valence-electron chi connectivity index (χ1n) is 6.03. The highest BCUT2D eigenvalue weighted by Gasteiger charge is 2.24. The van der Waals surface area contributed by atoms with E-state index in [0.717, 1.165) is 25.1 Å². The lowest BCUT2D eigenvalue weighted by molar-refractivity contribution is 0.000964. The molecule has 1 unspecified atom stereocenters. The van der Waals surface area contributed by atoms with E-state index in [1.54, 1.807) is 36.3 Å². The molecule has 0 aliphatic carbocycles. The van der Waals surface area contributed by atoms with E-state index >= 15 is 0 Å². The molecule has 2 N–H and O–H groups in total. The van der Waals surface area contributed by atoms with E-state index in [4.69, 9.17) is 15.5 Å². The molecule has 1 saturated heterocycles. The van der Waals surface area contributed by atoms with Crippen LogP contribution in [0.1, 0.15) is 23.2 Å². The van der Waals surface area contributed by atoms with Crippen LogP contribution >= 0.6 is 0 Å². The van der Waals surface area contributed by atoms with Gasteiger partial charge >= 0.3 is 0 Å². The summed E-state index contributed by atoms with van der Waals surface area (Å²) in [4.78, 5) is 18.9. The van der Waals surface area contributed by atoms with Crippen molar-refractivity contribution in [2.45, 2.75) is 18.9 Å². The van der Waals surface area contributed by atoms with Gasteiger partial charge in [-0.05, 0) is 37.1 Å². The number of ether oxygens (including phenoxy) is 1. The monoisotopic (exact) mass is 250 g/mol. The Morgan fingerprint density at radius 3 is 2.72 bits per heavy atom. The number of benzene rings is 1. The van der Waals surface area contributed by atoms with Crippen LogP contribution in [0.3, 0.4) is 0 Å². The SMILES string of the molecule is COc1ccc(C(=O)N2CCCC(ON)C2)cc1. The lowest BCUT2D eigenvalue weighted by atomic mass is 10.1. The Kier molecular flexibility index (Phi) is 4.17. The Morgan fingerprint density at radius 1 is 1.39 bits per heavy atom. The van der Waals surface area contributed by atoms with Crippen LogP contribution in [0.5, 0.6) is 5.75 Å². The summed E-state index contributed by atoms with van der Waals surface area (Å²) in [7, 11) is 1.60. The molecule has 98 valence electrons. The molecule has 1 atom stereocenters. The zero-order chi connectivity index (χ0) is 13.0. The predicted octanol–water partition coefficient (Wildman–Crippen LogP) is 1.19. The third kappa shape index (κ3) is 2.80. The fraction of sp³-hybridized carbons (Fsp3) is 0.462. The van der Waals surface area contributed by atoms with Gasteiger partial charge in [-0.2, -0.15) is 0 Å². The van der Waals surface area contributed by atoms with Crippen molar-refractivity contribution in [1.29, 1.82) is 0 Å². The number of amides is 1. The van der Waals surface area contributed by atoms with E-state index in [1.807, 2.05) is 0 Å². The van der Waals surface area contributed by atoms with Gasteiger partial charge in [-0.3, -0.25) is 9.63 Å². The minimum absolute atomic E-state index is 0.0133. The first-order chi connectivity index (χ1) is 8.74. The molecule has 1 aromatic carbocycles. The number of rotatable bonds is 3. The molecule has 0 radical (unpaired) electrons. The zero-order valence-electron chi connectivity index (χ0n) is 10.5. The smallest absolute Gasteiger partial charge is 0.253 e. The van der Waals surface area contributed by atoms with Gasteiger partial charge in [-0.25, -0.2) is 5.90 Å². The highest BCUT2D eigenvalue weighted by molar-refractivity contribution is 5.94. The highest BCUT2D eigenvalue weighted by atomic mass is 16.6. The number of hydrogen-bond acceptors (Lipinski definition) is 4. The van der Waals surface area contributed by atoms with Crippen molar-refractivity contribution >= 4 is 5.91 Å². The number of piperidine rings is 1. The van der Waals surface area contributed by atoms with Crippen molar-refractivity contribution in [3.63, 3.8) is 0 Å². The van der Waals surface area contributed by atoms with Crippen molar-refractivity contribution < 1.29 is 14.4 Å². The van der Waals surface area contributed by atoms with E-state index in [0.29, 0.717) is 12.1 Å². The second-order valence-corrected chi connectivity index (χ2v) is 4.38. The summed E-state index contributed by atoms with van der Waals surface area (Å²) in [5.74, 6) is 5.94. The number of likely N-dealkylation sites (tertiary alicyclic amines) is 1. The fourth-order valence-electron chi connectivity index (χ4n) is 2.15. The lowest BCUT2D eigenvalue weighted by Crippen LogP contribution is -2.44. The molecule has 5 heteroatoms. The van der Waals surface area contributed by atoms with Gasteiger partial charge in [0.1, 0.15) is 5.75 Å². The average Bonchev–Trinajstić information content (AvgIpc) is 2.46. The molecule has 0 spiro atoms. The van der Waals surface area contributed by atoms with E-state index in [2.05, 4.69) is 0 Å². The molecule has 0 saturated carbocycles. The third-order valence-electron chi connectivity index (χ3n) is 3.19. The third-order valence-corrected chi connectivity index (χ3v) is 3.19. The molecule has 1 heterocycles. The minimum atomic E-state index is -0.0547. The Balaban J connectivity index is 2.05. The van der Waals surface area contributed by atoms with Crippen LogP contribution in [0, 0.1) is 0 Å². The largest absolute Gasteiger partial charge is 0.497 e. The minimum Gasteiger partial charge on any atom is -0.497 e. The standard InChI is InChI=1S/C13H18N2O3/c1-17-11-6-4-10(5-7-11)13(16)15-8-2-3-12(9-15)18-14/h4-7,12H,2-3,8-9,14H2,1H3. The fourth-order valence-corrected chi connectivity index (χ4v) is 2.15. The van der Waals surface area contributed by atoms with Gasteiger partial charge in [-0.15, -0.1) is 0 Å². The zero-order valence-corrected chi connectivity index (χ0v) is 10.5. The van der Waals surface area contributed by atoms with E-state index in [1.165, 1.54) is 0 Å². The van der Waals surface area contributed by atoms with Crippen LogP contribution in [-0.2, 0) is 4.84 Å². The Morgan fingerprint density at radius 2 is 2.11 bits per heavy atom. The highest BCUT2D eigenvalue weighted by Crippen LogP contribution is 2.17. The summed E-state index contributed by atoms with van der Waals surface area (Å²) in [6.45, 7) is 1.31. The molecule has 1 aliphatic heterocycles. The van der Waals surface area contributed by atoms with Gasteiger partial charge in [0.15, 0.2) is 0 Å². The number of hydrogen-bond donors (Lipinski definition) is 1. The summed E-state index contributed by atoms with van der Waals surface area (Å²) >= 11 is 0. The molecule has 2 rings (SSSR count). The Hall–Kier alpha value is -1.59. The Bertz CT molecular complexity index is 405. The second kappa shape index (κ2) is 5.84. The van der Waals surface area contributed by atoms with E-state index in [-0.39, 0.29) is 12.0 Å². The van der Waals surface area contributed by atoms with Crippen LogP contribution in [0.2, 0.25) is 0 Å².